The smallest absolute Gasteiger partial charge is 0.311 e. The summed E-state index contributed by atoms with van der Waals surface area (Å²) in [7, 11) is 0. The van der Waals surface area contributed by atoms with Crippen LogP contribution in [0.3, 0.4) is 0 Å². The maximum atomic E-state index is 12.8. The van der Waals surface area contributed by atoms with Crippen molar-refractivity contribution in [3.63, 3.8) is 0 Å². The summed E-state index contributed by atoms with van der Waals surface area (Å²) in [6.45, 7) is 4.79. The number of nitrogens with zero attached hydrogens (tertiary/aromatic N) is 1. The quantitative estimate of drug-likeness (QED) is 0.768. The minimum atomic E-state index is -0.284. The minimum Gasteiger partial charge on any atom is -0.466 e. The van der Waals surface area contributed by atoms with Crippen LogP contribution < -0.4 is 5.32 Å². The average Bonchev–Trinajstić information content (AvgIpc) is 2.99. The molecule has 2 aromatic rings. The second-order valence-electron chi connectivity index (χ2n) is 8.08. The van der Waals surface area contributed by atoms with E-state index in [-0.39, 0.29) is 35.7 Å². The van der Waals surface area contributed by atoms with Crippen molar-refractivity contribution in [3.8, 4) is 0 Å². The van der Waals surface area contributed by atoms with E-state index >= 15 is 0 Å². The van der Waals surface area contributed by atoms with E-state index in [1.54, 1.807) is 12.1 Å². The van der Waals surface area contributed by atoms with E-state index in [1.807, 2.05) is 31.2 Å². The van der Waals surface area contributed by atoms with E-state index in [0.717, 1.165) is 26.1 Å². The molecule has 2 fully saturated rings. The third-order valence-corrected chi connectivity index (χ3v) is 6.14. The van der Waals surface area contributed by atoms with Crippen LogP contribution in [0.4, 0.5) is 0 Å². The highest BCUT2D eigenvalue weighted by atomic mass is 16.5. The molecule has 1 aliphatic heterocycles. The number of amides is 1. The number of nitrogens with one attached hydrogen (secondary N) is 1. The van der Waals surface area contributed by atoms with Gasteiger partial charge in [-0.1, -0.05) is 48.5 Å². The highest BCUT2D eigenvalue weighted by Gasteiger charge is 2.51. The Balaban J connectivity index is 1.52. The Morgan fingerprint density at radius 2 is 1.66 bits per heavy atom. The van der Waals surface area contributed by atoms with Crippen LogP contribution in [-0.4, -0.2) is 42.5 Å². The van der Waals surface area contributed by atoms with Crippen molar-refractivity contribution >= 4 is 11.9 Å². The van der Waals surface area contributed by atoms with Crippen LogP contribution in [0.5, 0.6) is 0 Å². The van der Waals surface area contributed by atoms with Crippen molar-refractivity contribution in [2.45, 2.75) is 25.9 Å². The predicted octanol–water partition coefficient (Wildman–Crippen LogP) is 3.12. The Morgan fingerprint density at radius 3 is 2.34 bits per heavy atom. The van der Waals surface area contributed by atoms with Crippen molar-refractivity contribution < 1.29 is 14.3 Å². The fourth-order valence-electron chi connectivity index (χ4n) is 4.96. The van der Waals surface area contributed by atoms with Gasteiger partial charge in [-0.15, -0.1) is 0 Å². The summed E-state index contributed by atoms with van der Waals surface area (Å²) >= 11 is 0. The lowest BCUT2D eigenvalue weighted by molar-refractivity contribution is -0.150. The molecule has 0 radical (unpaired) electrons. The molecule has 1 heterocycles. The number of piperidine rings is 1. The molecule has 4 rings (SSSR count). The number of fused-ring (bicyclic) bond motifs is 2. The molecular formula is C24H28N2O3. The second kappa shape index (κ2) is 8.78. The fourth-order valence-corrected chi connectivity index (χ4v) is 4.96. The number of benzene rings is 2. The second-order valence-corrected chi connectivity index (χ2v) is 8.08. The number of carbonyl (C=O) groups excluding carboxylic acids is 2. The lowest BCUT2D eigenvalue weighted by Crippen LogP contribution is -2.46. The minimum absolute atomic E-state index is 0.118. The molecule has 1 saturated carbocycles. The number of esters is 1. The Hall–Kier alpha value is -2.66. The molecule has 0 aromatic heterocycles. The number of carbonyl (C=O) groups is 2. The summed E-state index contributed by atoms with van der Waals surface area (Å²) in [6, 6.07) is 19.4. The summed E-state index contributed by atoms with van der Waals surface area (Å²) in [4.78, 5) is 28.0. The molecule has 1 amide bonds. The van der Waals surface area contributed by atoms with Gasteiger partial charge < -0.3 is 10.1 Å². The van der Waals surface area contributed by atoms with Crippen LogP contribution in [0.1, 0.15) is 29.3 Å². The standard InChI is InChI=1S/C24H28N2O3/c1-2-29-24(28)21-19-13-20(16-26(15-19)14-17-9-5-3-6-10-17)22(21)25-23(27)18-11-7-4-8-12-18/h3-12,19-22H,2,13-16H2,1H3,(H,25,27). The highest BCUT2D eigenvalue weighted by Crippen LogP contribution is 2.42. The molecule has 2 aliphatic rings. The molecule has 2 aromatic carbocycles. The largest absolute Gasteiger partial charge is 0.466 e. The van der Waals surface area contributed by atoms with Crippen LogP contribution >= 0.6 is 0 Å². The van der Waals surface area contributed by atoms with E-state index in [2.05, 4.69) is 34.5 Å². The van der Waals surface area contributed by atoms with Crippen LogP contribution in [0.2, 0.25) is 0 Å². The number of ether oxygens (including phenoxy) is 1. The van der Waals surface area contributed by atoms with Gasteiger partial charge in [-0.2, -0.15) is 0 Å². The third-order valence-electron chi connectivity index (χ3n) is 6.14. The van der Waals surface area contributed by atoms with E-state index in [4.69, 9.17) is 4.74 Å². The monoisotopic (exact) mass is 392 g/mol. The van der Waals surface area contributed by atoms with Gasteiger partial charge in [-0.25, -0.2) is 0 Å². The summed E-state index contributed by atoms with van der Waals surface area (Å²) in [5.74, 6) is -0.127. The molecule has 1 aliphatic carbocycles. The first kappa shape index (κ1) is 19.6. The Kier molecular flexibility index (Phi) is 5.95. The molecular weight excluding hydrogens is 364 g/mol. The summed E-state index contributed by atoms with van der Waals surface area (Å²) in [5, 5.41) is 3.17. The molecule has 0 spiro atoms. The van der Waals surface area contributed by atoms with Crippen molar-refractivity contribution in [1.29, 1.82) is 0 Å². The average molecular weight is 392 g/mol. The normalized spacial score (nSPS) is 26.1. The topological polar surface area (TPSA) is 58.6 Å². The summed E-state index contributed by atoms with van der Waals surface area (Å²) in [6.07, 6.45) is 0.953. The first-order valence-corrected chi connectivity index (χ1v) is 10.4. The maximum Gasteiger partial charge on any atom is 0.311 e. The van der Waals surface area contributed by atoms with Crippen molar-refractivity contribution in [2.75, 3.05) is 19.7 Å². The SMILES string of the molecule is CCOC(=O)C1C2CC(CN(Cc3ccccc3)C2)C1NC(=O)c1ccccc1. The van der Waals surface area contributed by atoms with Gasteiger partial charge in [0.25, 0.3) is 5.91 Å². The first-order valence-electron chi connectivity index (χ1n) is 10.4. The number of hydrogen-bond donors (Lipinski definition) is 1. The van der Waals surface area contributed by atoms with Gasteiger partial charge in [0.2, 0.25) is 0 Å². The van der Waals surface area contributed by atoms with Gasteiger partial charge in [0.15, 0.2) is 0 Å². The lowest BCUT2D eigenvalue weighted by Gasteiger charge is -2.32. The van der Waals surface area contributed by atoms with Gasteiger partial charge in [0, 0.05) is 31.2 Å². The molecule has 152 valence electrons. The van der Waals surface area contributed by atoms with Crippen LogP contribution in [0.25, 0.3) is 0 Å². The number of hydrogen-bond acceptors (Lipinski definition) is 4. The lowest BCUT2D eigenvalue weighted by atomic mass is 9.93. The molecule has 29 heavy (non-hydrogen) atoms. The van der Waals surface area contributed by atoms with Gasteiger partial charge in [0.1, 0.15) is 0 Å². The Morgan fingerprint density at radius 1 is 1.00 bits per heavy atom. The maximum absolute atomic E-state index is 12.8. The fraction of sp³-hybridized carbons (Fsp3) is 0.417. The van der Waals surface area contributed by atoms with E-state index in [1.165, 1.54) is 5.56 Å². The van der Waals surface area contributed by atoms with Gasteiger partial charge in [-0.3, -0.25) is 14.5 Å². The number of rotatable bonds is 6. The Bertz CT molecular complexity index is 840. The highest BCUT2D eigenvalue weighted by molar-refractivity contribution is 5.94. The summed E-state index contributed by atoms with van der Waals surface area (Å²) < 4.78 is 5.40. The van der Waals surface area contributed by atoms with Gasteiger partial charge in [-0.05, 0) is 42.9 Å². The molecule has 1 N–H and O–H groups in total. The van der Waals surface area contributed by atoms with Crippen LogP contribution in [0, 0.1) is 17.8 Å². The zero-order valence-electron chi connectivity index (χ0n) is 16.8. The molecule has 1 saturated heterocycles. The van der Waals surface area contributed by atoms with E-state index in [0.29, 0.717) is 12.2 Å². The van der Waals surface area contributed by atoms with E-state index in [9.17, 15) is 9.59 Å². The van der Waals surface area contributed by atoms with E-state index < -0.39 is 0 Å². The molecule has 4 atom stereocenters. The molecule has 5 heteroatoms. The predicted molar refractivity (Wildman–Crippen MR) is 111 cm³/mol. The third kappa shape index (κ3) is 4.35. The van der Waals surface area contributed by atoms with Crippen molar-refractivity contribution in [1.82, 2.24) is 10.2 Å². The summed E-state index contributed by atoms with van der Waals surface area (Å²) in [5.41, 5.74) is 1.89. The van der Waals surface area contributed by atoms with Crippen molar-refractivity contribution in [2.24, 2.45) is 17.8 Å². The molecule has 5 nitrogen and oxygen atoms in total. The van der Waals surface area contributed by atoms with Gasteiger partial charge in [0.05, 0.1) is 12.5 Å². The van der Waals surface area contributed by atoms with Gasteiger partial charge >= 0.3 is 5.97 Å². The Labute approximate surface area is 172 Å². The number of likely N-dealkylation sites (tertiary alicyclic amines) is 1. The molecule has 4 unspecified atom stereocenters. The zero-order valence-corrected chi connectivity index (χ0v) is 16.8. The van der Waals surface area contributed by atoms with Crippen molar-refractivity contribution in [3.05, 3.63) is 71.8 Å². The first-order chi connectivity index (χ1) is 14.2. The van der Waals surface area contributed by atoms with Crippen LogP contribution in [0.15, 0.2) is 60.7 Å². The zero-order chi connectivity index (χ0) is 20.2. The van der Waals surface area contributed by atoms with Crippen LogP contribution in [-0.2, 0) is 16.1 Å². The molecule has 2 bridgehead atoms.